The zero-order valence-electron chi connectivity index (χ0n) is 22.5. The van der Waals surface area contributed by atoms with Gasteiger partial charge < -0.3 is 14.8 Å². The number of aryl methyl sites for hydroxylation is 2. The number of aromatic amines is 1. The van der Waals surface area contributed by atoms with Gasteiger partial charge in [-0.25, -0.2) is 9.37 Å². The molecular formula is C31H30ClFN4O3. The van der Waals surface area contributed by atoms with E-state index in [9.17, 15) is 14.3 Å². The summed E-state index contributed by atoms with van der Waals surface area (Å²) in [5, 5.41) is 16.6. The van der Waals surface area contributed by atoms with Crippen LogP contribution in [0.15, 0.2) is 66.7 Å². The molecule has 0 unspecified atom stereocenters. The van der Waals surface area contributed by atoms with Crippen molar-refractivity contribution in [1.82, 2.24) is 19.7 Å². The predicted octanol–water partition coefficient (Wildman–Crippen LogP) is 6.97. The zero-order valence-corrected chi connectivity index (χ0v) is 23.3. The Kier molecular flexibility index (Phi) is 7.63. The molecule has 5 aromatic rings. The maximum Gasteiger partial charge on any atom is 0.306 e. The number of H-pyrrole nitrogens is 1. The van der Waals surface area contributed by atoms with E-state index in [0.29, 0.717) is 47.0 Å². The topological polar surface area (TPSA) is 93.0 Å². The third-order valence-corrected chi connectivity index (χ3v) is 6.67. The maximum absolute atomic E-state index is 13.4. The maximum atomic E-state index is 13.4. The van der Waals surface area contributed by atoms with Crippen molar-refractivity contribution in [1.29, 1.82) is 0 Å². The van der Waals surface area contributed by atoms with Crippen LogP contribution in [0.25, 0.3) is 28.2 Å². The van der Waals surface area contributed by atoms with E-state index < -0.39 is 5.60 Å². The van der Waals surface area contributed by atoms with Crippen LogP contribution in [0.5, 0.6) is 5.88 Å². The molecule has 7 nitrogen and oxygen atoms in total. The number of hydrogen-bond acceptors (Lipinski definition) is 5. The summed E-state index contributed by atoms with van der Waals surface area (Å²) in [6, 6.07) is 19.4. The summed E-state index contributed by atoms with van der Waals surface area (Å²) < 4.78 is 20.2. The highest BCUT2D eigenvalue weighted by atomic mass is 35.5. The average Bonchev–Trinajstić information content (AvgIpc) is 3.46. The quantitative estimate of drug-likeness (QED) is 0.200. The largest absolute Gasteiger partial charge is 0.493 e. The van der Waals surface area contributed by atoms with Gasteiger partial charge in [0.25, 0.3) is 0 Å². The fourth-order valence-electron chi connectivity index (χ4n) is 4.51. The first-order chi connectivity index (χ1) is 19.1. The van der Waals surface area contributed by atoms with Gasteiger partial charge in [-0.15, -0.1) is 0 Å². The molecule has 0 aliphatic heterocycles. The number of fused-ring (bicyclic) bond motifs is 1. The molecule has 0 saturated heterocycles. The van der Waals surface area contributed by atoms with Gasteiger partial charge in [-0.1, -0.05) is 48.0 Å². The third-order valence-electron chi connectivity index (χ3n) is 6.43. The predicted molar refractivity (Wildman–Crippen MR) is 153 cm³/mol. The first-order valence-electron chi connectivity index (χ1n) is 13.1. The number of carbonyl (C=O) groups is 1. The van der Waals surface area contributed by atoms with Gasteiger partial charge in [0.05, 0.1) is 11.0 Å². The number of esters is 1. The average molecular weight is 561 g/mol. The molecule has 0 amide bonds. The Morgan fingerprint density at radius 2 is 1.68 bits per heavy atom. The van der Waals surface area contributed by atoms with Crippen LogP contribution in [0.2, 0.25) is 5.02 Å². The minimum atomic E-state index is -0.516. The molecule has 0 spiro atoms. The van der Waals surface area contributed by atoms with Gasteiger partial charge in [-0.05, 0) is 81.5 Å². The van der Waals surface area contributed by atoms with Crippen molar-refractivity contribution in [3.8, 4) is 23.1 Å². The van der Waals surface area contributed by atoms with Crippen molar-refractivity contribution in [2.45, 2.75) is 52.1 Å². The van der Waals surface area contributed by atoms with E-state index >= 15 is 0 Å². The Hall–Kier alpha value is -4.17. The van der Waals surface area contributed by atoms with Crippen LogP contribution in [0.3, 0.4) is 0 Å². The van der Waals surface area contributed by atoms with Crippen molar-refractivity contribution in [2.24, 2.45) is 0 Å². The number of benzene rings is 3. The Balaban J connectivity index is 1.45. The number of nitrogens with zero attached hydrogens (tertiary/aromatic N) is 3. The van der Waals surface area contributed by atoms with Crippen molar-refractivity contribution < 1.29 is 19.0 Å². The first-order valence-corrected chi connectivity index (χ1v) is 13.5. The number of carbonyl (C=O) groups excluding carboxylic acids is 1. The van der Waals surface area contributed by atoms with Gasteiger partial charge in [0.1, 0.15) is 17.1 Å². The van der Waals surface area contributed by atoms with Crippen molar-refractivity contribution in [3.63, 3.8) is 0 Å². The number of aromatic hydroxyl groups is 1. The number of ether oxygens (including phenoxy) is 1. The van der Waals surface area contributed by atoms with Crippen LogP contribution in [0.4, 0.5) is 4.39 Å². The molecule has 0 saturated carbocycles. The summed E-state index contributed by atoms with van der Waals surface area (Å²) in [6.07, 6.45) is 1.88. The van der Waals surface area contributed by atoms with Crippen molar-refractivity contribution in [3.05, 3.63) is 94.3 Å². The van der Waals surface area contributed by atoms with Gasteiger partial charge in [-0.3, -0.25) is 4.79 Å². The molecular weight excluding hydrogens is 531 g/mol. The molecule has 0 fully saturated rings. The molecule has 0 atom stereocenters. The van der Waals surface area contributed by atoms with Crippen LogP contribution in [-0.2, 0) is 28.8 Å². The lowest BCUT2D eigenvalue weighted by Gasteiger charge is -2.19. The highest BCUT2D eigenvalue weighted by Gasteiger charge is 2.22. The highest BCUT2D eigenvalue weighted by molar-refractivity contribution is 6.31. The number of halogens is 2. The lowest BCUT2D eigenvalue weighted by Crippen LogP contribution is -2.23. The molecule has 40 heavy (non-hydrogen) atoms. The standard InChI is InChI=1S/C31H30ClFN4O3/c1-31(2,3)40-27(38)17-9-19-4-10-21(11-5-19)28-24(15-8-20-6-13-23(33)14-7-20)29(39)37(36-28)30-34-25-16-12-22(32)18-26(25)35-30/h4-7,10-14,16,18,39H,8-9,15,17H2,1-3H3,(H,34,35). The first kappa shape index (κ1) is 27.4. The Morgan fingerprint density at radius 1 is 1.00 bits per heavy atom. The summed E-state index contributed by atoms with van der Waals surface area (Å²) in [7, 11) is 0. The normalized spacial score (nSPS) is 11.7. The summed E-state index contributed by atoms with van der Waals surface area (Å²) in [4.78, 5) is 19.9. The smallest absolute Gasteiger partial charge is 0.306 e. The van der Waals surface area contributed by atoms with Crippen LogP contribution in [0.1, 0.15) is 43.9 Å². The minimum Gasteiger partial charge on any atom is -0.493 e. The lowest BCUT2D eigenvalue weighted by molar-refractivity contribution is -0.154. The number of hydrogen-bond donors (Lipinski definition) is 2. The van der Waals surface area contributed by atoms with E-state index in [-0.39, 0.29) is 24.1 Å². The molecule has 2 aromatic heterocycles. The fraction of sp³-hybridized carbons (Fsp3) is 0.258. The second-order valence-corrected chi connectivity index (χ2v) is 11.1. The fourth-order valence-corrected chi connectivity index (χ4v) is 4.67. The number of imidazole rings is 1. The van der Waals surface area contributed by atoms with Gasteiger partial charge in [0.15, 0.2) is 0 Å². The molecule has 9 heteroatoms. The van der Waals surface area contributed by atoms with E-state index in [4.69, 9.17) is 21.4 Å². The van der Waals surface area contributed by atoms with Crippen molar-refractivity contribution in [2.75, 3.05) is 0 Å². The minimum absolute atomic E-state index is 0.0312. The molecule has 0 aliphatic carbocycles. The van der Waals surface area contributed by atoms with Crippen LogP contribution >= 0.6 is 11.6 Å². The molecule has 206 valence electrons. The number of nitrogens with one attached hydrogen (secondary N) is 1. The zero-order chi connectivity index (χ0) is 28.4. The van der Waals surface area contributed by atoms with E-state index in [0.717, 1.165) is 22.2 Å². The van der Waals surface area contributed by atoms with Crippen molar-refractivity contribution >= 4 is 28.6 Å². The molecule has 0 radical (unpaired) electrons. The second kappa shape index (κ2) is 11.1. The molecule has 0 bridgehead atoms. The Labute approximate surface area is 236 Å². The number of rotatable bonds is 8. The monoisotopic (exact) mass is 560 g/mol. The highest BCUT2D eigenvalue weighted by Crippen LogP contribution is 2.33. The van der Waals surface area contributed by atoms with Crippen LogP contribution in [-0.4, -0.2) is 36.4 Å². The third kappa shape index (κ3) is 6.34. The molecule has 0 aliphatic rings. The van der Waals surface area contributed by atoms with Gasteiger partial charge in [0, 0.05) is 22.6 Å². The molecule has 3 aromatic carbocycles. The van der Waals surface area contributed by atoms with E-state index in [1.807, 2.05) is 51.1 Å². The summed E-state index contributed by atoms with van der Waals surface area (Å²) in [6.45, 7) is 5.55. The summed E-state index contributed by atoms with van der Waals surface area (Å²) >= 11 is 6.13. The number of aromatic nitrogens is 4. The molecule has 2 heterocycles. The van der Waals surface area contributed by atoms with Gasteiger partial charge in [-0.2, -0.15) is 9.78 Å². The van der Waals surface area contributed by atoms with Crippen LogP contribution in [0, 0.1) is 5.82 Å². The van der Waals surface area contributed by atoms with Gasteiger partial charge in [0.2, 0.25) is 11.8 Å². The second-order valence-electron chi connectivity index (χ2n) is 10.7. The summed E-state index contributed by atoms with van der Waals surface area (Å²) in [5.41, 5.74) is 4.89. The van der Waals surface area contributed by atoms with Crippen LogP contribution < -0.4 is 0 Å². The SMILES string of the molecule is CC(C)(C)OC(=O)CCc1ccc(-c2nn(-c3nc4cc(Cl)ccc4[nH]3)c(O)c2CCc2ccc(F)cc2)cc1. The van der Waals surface area contributed by atoms with Gasteiger partial charge >= 0.3 is 5.97 Å². The molecule has 2 N–H and O–H groups in total. The Bertz CT molecular complexity index is 1650. The Morgan fingerprint density at radius 3 is 2.38 bits per heavy atom. The lowest BCUT2D eigenvalue weighted by atomic mass is 9.99. The van der Waals surface area contributed by atoms with E-state index in [1.54, 1.807) is 24.3 Å². The molecule has 5 rings (SSSR count). The van der Waals surface area contributed by atoms with E-state index in [1.165, 1.54) is 16.8 Å². The van der Waals surface area contributed by atoms with E-state index in [2.05, 4.69) is 9.97 Å². The summed E-state index contributed by atoms with van der Waals surface area (Å²) in [5.74, 6) is -0.207.